The van der Waals surface area contributed by atoms with Crippen LogP contribution >= 0.6 is 0 Å². The van der Waals surface area contributed by atoms with Crippen LogP contribution in [0.25, 0.3) is 11.0 Å². The minimum Gasteiger partial charge on any atom is -0.451 e. The van der Waals surface area contributed by atoms with Crippen LogP contribution in [0.15, 0.2) is 51.8 Å². The second-order valence-corrected chi connectivity index (χ2v) is 6.70. The SMILES string of the molecule is Cc1cc2oc(C(=O)N(C)C(C)Cc3ccccn3)cc(=O)c2cc1C. The maximum atomic E-state index is 12.8. The summed E-state index contributed by atoms with van der Waals surface area (Å²) in [5.74, 6) is -0.258. The number of aryl methyl sites for hydroxylation is 2. The zero-order chi connectivity index (χ0) is 18.8. The summed E-state index contributed by atoms with van der Waals surface area (Å²) in [4.78, 5) is 31.1. The van der Waals surface area contributed by atoms with Crippen molar-refractivity contribution in [3.63, 3.8) is 0 Å². The lowest BCUT2D eigenvalue weighted by atomic mass is 10.1. The van der Waals surface area contributed by atoms with E-state index < -0.39 is 0 Å². The monoisotopic (exact) mass is 350 g/mol. The molecule has 0 bridgehead atoms. The van der Waals surface area contributed by atoms with Crippen molar-refractivity contribution in [1.29, 1.82) is 0 Å². The van der Waals surface area contributed by atoms with Crippen LogP contribution in [-0.2, 0) is 6.42 Å². The van der Waals surface area contributed by atoms with Crippen LogP contribution in [0.1, 0.15) is 34.3 Å². The summed E-state index contributed by atoms with van der Waals surface area (Å²) in [6.07, 6.45) is 2.36. The minimum absolute atomic E-state index is 0.0566. The highest BCUT2D eigenvalue weighted by Crippen LogP contribution is 2.19. The van der Waals surface area contributed by atoms with Crippen LogP contribution in [0.3, 0.4) is 0 Å². The third-order valence-corrected chi connectivity index (χ3v) is 4.77. The number of nitrogens with zero attached hydrogens (tertiary/aromatic N) is 2. The number of carbonyl (C=O) groups excluding carboxylic acids is 1. The van der Waals surface area contributed by atoms with Crippen LogP contribution in [0.5, 0.6) is 0 Å². The number of aromatic nitrogens is 1. The molecule has 2 aromatic heterocycles. The van der Waals surface area contributed by atoms with Gasteiger partial charge in [0.05, 0.1) is 5.39 Å². The van der Waals surface area contributed by atoms with Crippen molar-refractivity contribution in [1.82, 2.24) is 9.88 Å². The quantitative estimate of drug-likeness (QED) is 0.722. The zero-order valence-corrected chi connectivity index (χ0v) is 15.4. The van der Waals surface area contributed by atoms with Gasteiger partial charge in [0.15, 0.2) is 11.2 Å². The Morgan fingerprint density at radius 3 is 2.62 bits per heavy atom. The van der Waals surface area contributed by atoms with Gasteiger partial charge in [-0.1, -0.05) is 6.07 Å². The summed E-state index contributed by atoms with van der Waals surface area (Å²) >= 11 is 0. The van der Waals surface area contributed by atoms with E-state index in [1.165, 1.54) is 6.07 Å². The molecule has 134 valence electrons. The Morgan fingerprint density at radius 2 is 1.92 bits per heavy atom. The van der Waals surface area contributed by atoms with Crippen LogP contribution in [0, 0.1) is 13.8 Å². The molecular weight excluding hydrogens is 328 g/mol. The van der Waals surface area contributed by atoms with E-state index in [-0.39, 0.29) is 23.1 Å². The van der Waals surface area contributed by atoms with Crippen molar-refractivity contribution in [2.24, 2.45) is 0 Å². The maximum Gasteiger partial charge on any atom is 0.289 e. The van der Waals surface area contributed by atoms with Crippen LogP contribution in [-0.4, -0.2) is 28.9 Å². The molecule has 1 atom stereocenters. The summed E-state index contributed by atoms with van der Waals surface area (Å²) < 4.78 is 5.75. The molecular formula is C21H22N2O3. The van der Waals surface area contributed by atoms with E-state index in [0.29, 0.717) is 17.4 Å². The smallest absolute Gasteiger partial charge is 0.289 e. The molecule has 0 saturated heterocycles. The van der Waals surface area contributed by atoms with E-state index in [4.69, 9.17) is 4.42 Å². The Bertz CT molecular complexity index is 1010. The molecule has 0 radical (unpaired) electrons. The number of fused-ring (bicyclic) bond motifs is 1. The van der Waals surface area contributed by atoms with Gasteiger partial charge in [-0.2, -0.15) is 0 Å². The summed E-state index contributed by atoms with van der Waals surface area (Å²) in [6, 6.07) is 10.5. The summed E-state index contributed by atoms with van der Waals surface area (Å²) in [5.41, 5.74) is 3.18. The average molecular weight is 350 g/mol. The predicted octanol–water partition coefficient (Wildman–Crippen LogP) is 3.51. The number of carbonyl (C=O) groups is 1. The minimum atomic E-state index is -0.314. The molecule has 2 heterocycles. The van der Waals surface area contributed by atoms with Crippen LogP contribution < -0.4 is 5.43 Å². The van der Waals surface area contributed by atoms with Gasteiger partial charge < -0.3 is 9.32 Å². The highest BCUT2D eigenvalue weighted by atomic mass is 16.3. The molecule has 0 fully saturated rings. The average Bonchev–Trinajstić information content (AvgIpc) is 2.62. The zero-order valence-electron chi connectivity index (χ0n) is 15.4. The Balaban J connectivity index is 1.89. The maximum absolute atomic E-state index is 12.8. The first-order valence-electron chi connectivity index (χ1n) is 8.59. The van der Waals surface area contributed by atoms with Crippen molar-refractivity contribution in [2.75, 3.05) is 7.05 Å². The molecule has 5 heteroatoms. The fourth-order valence-corrected chi connectivity index (χ4v) is 2.85. The van der Waals surface area contributed by atoms with Gasteiger partial charge in [-0.3, -0.25) is 14.6 Å². The van der Waals surface area contributed by atoms with E-state index in [2.05, 4.69) is 4.98 Å². The van der Waals surface area contributed by atoms with Gasteiger partial charge in [-0.25, -0.2) is 0 Å². The molecule has 3 aromatic rings. The topological polar surface area (TPSA) is 63.4 Å². The number of pyridine rings is 1. The van der Waals surface area contributed by atoms with Gasteiger partial charge in [0.25, 0.3) is 5.91 Å². The van der Waals surface area contributed by atoms with Crippen molar-refractivity contribution in [3.05, 3.63) is 75.4 Å². The first-order valence-corrected chi connectivity index (χ1v) is 8.59. The summed E-state index contributed by atoms with van der Waals surface area (Å²) in [6.45, 7) is 5.84. The number of rotatable bonds is 4. The Labute approximate surface area is 152 Å². The largest absolute Gasteiger partial charge is 0.451 e. The van der Waals surface area contributed by atoms with Crippen LogP contribution in [0.4, 0.5) is 0 Å². The molecule has 0 saturated carbocycles. The highest BCUT2D eigenvalue weighted by molar-refractivity contribution is 5.93. The van der Waals surface area contributed by atoms with E-state index in [9.17, 15) is 9.59 Å². The second kappa shape index (κ2) is 7.12. The van der Waals surface area contributed by atoms with Crippen molar-refractivity contribution in [3.8, 4) is 0 Å². The van der Waals surface area contributed by atoms with Crippen molar-refractivity contribution in [2.45, 2.75) is 33.2 Å². The van der Waals surface area contributed by atoms with Gasteiger partial charge in [0.2, 0.25) is 0 Å². The Kier molecular flexibility index (Phi) is 4.89. The van der Waals surface area contributed by atoms with E-state index in [1.54, 1.807) is 30.3 Å². The molecule has 0 aliphatic heterocycles. The molecule has 0 N–H and O–H groups in total. The standard InChI is InChI=1S/C21H22N2O3/c1-13-9-17-18(24)12-20(26-19(17)10-14(13)2)21(25)23(4)15(3)11-16-7-5-6-8-22-16/h5-10,12,15H,11H2,1-4H3. The van der Waals surface area contributed by atoms with E-state index in [0.717, 1.165) is 16.8 Å². The van der Waals surface area contributed by atoms with E-state index in [1.807, 2.05) is 39.0 Å². The number of benzene rings is 1. The summed E-state index contributed by atoms with van der Waals surface area (Å²) in [7, 11) is 1.71. The van der Waals surface area contributed by atoms with E-state index >= 15 is 0 Å². The lowest BCUT2D eigenvalue weighted by Gasteiger charge is -2.24. The third-order valence-electron chi connectivity index (χ3n) is 4.77. The number of hydrogen-bond acceptors (Lipinski definition) is 4. The molecule has 0 aliphatic rings. The fourth-order valence-electron chi connectivity index (χ4n) is 2.85. The first-order chi connectivity index (χ1) is 12.4. The molecule has 0 spiro atoms. The third kappa shape index (κ3) is 3.52. The lowest BCUT2D eigenvalue weighted by Crippen LogP contribution is -2.37. The number of likely N-dealkylation sites (N-methyl/N-ethyl adjacent to an activating group) is 1. The number of hydrogen-bond donors (Lipinski definition) is 0. The Hall–Kier alpha value is -2.95. The Morgan fingerprint density at radius 1 is 1.19 bits per heavy atom. The van der Waals surface area contributed by atoms with Gasteiger partial charge in [-0.05, 0) is 56.2 Å². The normalized spacial score (nSPS) is 12.2. The molecule has 26 heavy (non-hydrogen) atoms. The summed E-state index contributed by atoms with van der Waals surface area (Å²) in [5, 5.41) is 0.494. The number of amides is 1. The first kappa shape index (κ1) is 17.9. The molecule has 5 nitrogen and oxygen atoms in total. The molecule has 1 unspecified atom stereocenters. The van der Waals surface area contributed by atoms with Crippen molar-refractivity contribution < 1.29 is 9.21 Å². The van der Waals surface area contributed by atoms with Crippen molar-refractivity contribution >= 4 is 16.9 Å². The van der Waals surface area contributed by atoms with Gasteiger partial charge in [0, 0.05) is 37.5 Å². The lowest BCUT2D eigenvalue weighted by molar-refractivity contribution is 0.0711. The van der Waals surface area contributed by atoms with Crippen LogP contribution in [0.2, 0.25) is 0 Å². The van der Waals surface area contributed by atoms with Gasteiger partial charge >= 0.3 is 0 Å². The molecule has 0 aliphatic carbocycles. The predicted molar refractivity (Wildman–Crippen MR) is 101 cm³/mol. The fraction of sp³-hybridized carbons (Fsp3) is 0.286. The van der Waals surface area contributed by atoms with Gasteiger partial charge in [0.1, 0.15) is 5.58 Å². The van der Waals surface area contributed by atoms with Gasteiger partial charge in [-0.15, -0.1) is 0 Å². The molecule has 1 amide bonds. The molecule has 3 rings (SSSR count). The highest BCUT2D eigenvalue weighted by Gasteiger charge is 2.21. The molecule has 1 aromatic carbocycles. The second-order valence-electron chi connectivity index (χ2n) is 6.70.